The van der Waals surface area contributed by atoms with Crippen molar-refractivity contribution in [2.45, 2.75) is 20.0 Å². The number of rotatable bonds is 4. The van der Waals surface area contributed by atoms with Gasteiger partial charge in [-0.1, -0.05) is 0 Å². The summed E-state index contributed by atoms with van der Waals surface area (Å²) >= 11 is 0. The SMILES string of the molecule is CCOCC(=O)N1Cc2cnc(N3CCOCC3)nc2C1. The molecular formula is C14H20N4O3. The van der Waals surface area contributed by atoms with E-state index in [1.165, 1.54) is 0 Å². The number of hydrogen-bond acceptors (Lipinski definition) is 6. The summed E-state index contributed by atoms with van der Waals surface area (Å²) in [5.41, 5.74) is 1.97. The Hall–Kier alpha value is -1.73. The van der Waals surface area contributed by atoms with Crippen LogP contribution >= 0.6 is 0 Å². The Morgan fingerprint density at radius 3 is 2.95 bits per heavy atom. The quantitative estimate of drug-likeness (QED) is 0.789. The second-order valence-electron chi connectivity index (χ2n) is 5.13. The number of amides is 1. The maximum Gasteiger partial charge on any atom is 0.249 e. The minimum atomic E-state index is 0.00257. The molecule has 0 aliphatic carbocycles. The molecule has 0 atom stereocenters. The molecule has 3 heterocycles. The molecule has 0 spiro atoms. The van der Waals surface area contributed by atoms with Gasteiger partial charge in [0.1, 0.15) is 6.61 Å². The van der Waals surface area contributed by atoms with Gasteiger partial charge in [-0.05, 0) is 6.92 Å². The molecule has 2 aliphatic rings. The zero-order valence-electron chi connectivity index (χ0n) is 12.2. The highest BCUT2D eigenvalue weighted by atomic mass is 16.5. The van der Waals surface area contributed by atoms with Gasteiger partial charge in [0.2, 0.25) is 11.9 Å². The van der Waals surface area contributed by atoms with Crippen molar-refractivity contribution < 1.29 is 14.3 Å². The molecule has 21 heavy (non-hydrogen) atoms. The zero-order chi connectivity index (χ0) is 14.7. The van der Waals surface area contributed by atoms with Gasteiger partial charge in [0.25, 0.3) is 0 Å². The number of hydrogen-bond donors (Lipinski definition) is 0. The molecule has 7 nitrogen and oxygen atoms in total. The van der Waals surface area contributed by atoms with Gasteiger partial charge in [0.15, 0.2) is 0 Å². The van der Waals surface area contributed by atoms with Crippen molar-refractivity contribution in [2.24, 2.45) is 0 Å². The van der Waals surface area contributed by atoms with Crippen LogP contribution in [0.2, 0.25) is 0 Å². The van der Waals surface area contributed by atoms with E-state index in [2.05, 4.69) is 14.9 Å². The molecule has 1 amide bonds. The minimum Gasteiger partial charge on any atom is -0.378 e. The highest BCUT2D eigenvalue weighted by Gasteiger charge is 2.26. The van der Waals surface area contributed by atoms with E-state index in [0.717, 1.165) is 30.3 Å². The lowest BCUT2D eigenvalue weighted by molar-refractivity contribution is -0.136. The Morgan fingerprint density at radius 2 is 2.19 bits per heavy atom. The third kappa shape index (κ3) is 3.14. The highest BCUT2D eigenvalue weighted by Crippen LogP contribution is 2.22. The molecule has 0 bridgehead atoms. The fourth-order valence-corrected chi connectivity index (χ4v) is 2.52. The van der Waals surface area contributed by atoms with Gasteiger partial charge in [-0.25, -0.2) is 9.97 Å². The standard InChI is InChI=1S/C14H20N4O3/c1-2-20-10-13(19)18-8-11-7-15-14(16-12(11)9-18)17-3-5-21-6-4-17/h7H,2-6,8-10H2,1H3. The highest BCUT2D eigenvalue weighted by molar-refractivity contribution is 5.78. The number of fused-ring (bicyclic) bond motifs is 1. The van der Waals surface area contributed by atoms with Crippen LogP contribution in [0.25, 0.3) is 0 Å². The zero-order valence-corrected chi connectivity index (χ0v) is 12.2. The Balaban J connectivity index is 1.67. The number of carbonyl (C=O) groups excluding carboxylic acids is 1. The maximum atomic E-state index is 12.0. The van der Waals surface area contributed by atoms with E-state index in [9.17, 15) is 4.79 Å². The summed E-state index contributed by atoms with van der Waals surface area (Å²) in [7, 11) is 0. The number of anilines is 1. The first-order valence-electron chi connectivity index (χ1n) is 7.31. The third-order valence-electron chi connectivity index (χ3n) is 3.72. The van der Waals surface area contributed by atoms with Crippen LogP contribution in [0.5, 0.6) is 0 Å². The molecule has 0 aromatic carbocycles. The van der Waals surface area contributed by atoms with E-state index in [0.29, 0.717) is 32.9 Å². The smallest absolute Gasteiger partial charge is 0.249 e. The summed E-state index contributed by atoms with van der Waals surface area (Å²) in [6.45, 7) is 6.72. The second-order valence-corrected chi connectivity index (χ2v) is 5.13. The van der Waals surface area contributed by atoms with E-state index in [1.807, 2.05) is 13.1 Å². The van der Waals surface area contributed by atoms with Crippen molar-refractivity contribution >= 4 is 11.9 Å². The van der Waals surface area contributed by atoms with Crippen LogP contribution in [0.15, 0.2) is 6.20 Å². The van der Waals surface area contributed by atoms with Gasteiger partial charge in [0, 0.05) is 38.0 Å². The van der Waals surface area contributed by atoms with Gasteiger partial charge in [-0.3, -0.25) is 4.79 Å². The number of ether oxygens (including phenoxy) is 2. The Labute approximate surface area is 123 Å². The second kappa shape index (κ2) is 6.36. The third-order valence-corrected chi connectivity index (χ3v) is 3.72. The number of nitrogens with zero attached hydrogens (tertiary/aromatic N) is 4. The molecular weight excluding hydrogens is 272 g/mol. The molecule has 1 aromatic rings. The van der Waals surface area contributed by atoms with E-state index >= 15 is 0 Å². The molecule has 2 aliphatic heterocycles. The van der Waals surface area contributed by atoms with Crippen LogP contribution in [0, 0.1) is 0 Å². The molecule has 1 saturated heterocycles. The average Bonchev–Trinajstić information content (AvgIpc) is 2.96. The summed E-state index contributed by atoms with van der Waals surface area (Å²) in [5.74, 6) is 0.735. The lowest BCUT2D eigenvalue weighted by Crippen LogP contribution is -2.37. The molecule has 1 aromatic heterocycles. The van der Waals surface area contributed by atoms with Crippen LogP contribution in [-0.2, 0) is 27.4 Å². The largest absolute Gasteiger partial charge is 0.378 e. The van der Waals surface area contributed by atoms with Crippen molar-refractivity contribution in [1.82, 2.24) is 14.9 Å². The number of morpholine rings is 1. The predicted molar refractivity (Wildman–Crippen MR) is 75.8 cm³/mol. The van der Waals surface area contributed by atoms with Crippen molar-refractivity contribution in [2.75, 3.05) is 44.4 Å². The predicted octanol–water partition coefficient (Wildman–Crippen LogP) is 0.192. The summed E-state index contributed by atoms with van der Waals surface area (Å²) in [6.07, 6.45) is 1.83. The topological polar surface area (TPSA) is 67.8 Å². The van der Waals surface area contributed by atoms with E-state index in [1.54, 1.807) is 4.90 Å². The Bertz CT molecular complexity index is 517. The van der Waals surface area contributed by atoms with Crippen molar-refractivity contribution in [1.29, 1.82) is 0 Å². The number of carbonyl (C=O) groups is 1. The Kier molecular flexibility index (Phi) is 4.31. The maximum absolute atomic E-state index is 12.0. The molecule has 0 N–H and O–H groups in total. The molecule has 1 fully saturated rings. The normalized spacial score (nSPS) is 18.0. The molecule has 114 valence electrons. The summed E-state index contributed by atoms with van der Waals surface area (Å²) in [4.78, 5) is 24.9. The Morgan fingerprint density at radius 1 is 1.38 bits per heavy atom. The van der Waals surface area contributed by atoms with Gasteiger partial charge >= 0.3 is 0 Å². The van der Waals surface area contributed by atoms with Gasteiger partial charge < -0.3 is 19.3 Å². The molecule has 0 saturated carbocycles. The lowest BCUT2D eigenvalue weighted by atomic mass is 10.3. The minimum absolute atomic E-state index is 0.00257. The molecule has 7 heteroatoms. The average molecular weight is 292 g/mol. The van der Waals surface area contributed by atoms with Crippen molar-refractivity contribution in [3.63, 3.8) is 0 Å². The first kappa shape index (κ1) is 14.2. The van der Waals surface area contributed by atoms with Gasteiger partial charge in [-0.2, -0.15) is 0 Å². The van der Waals surface area contributed by atoms with Crippen LogP contribution in [-0.4, -0.2) is 60.3 Å². The summed E-state index contributed by atoms with van der Waals surface area (Å²) in [5, 5.41) is 0. The van der Waals surface area contributed by atoms with Gasteiger partial charge in [-0.15, -0.1) is 0 Å². The van der Waals surface area contributed by atoms with E-state index in [-0.39, 0.29) is 12.5 Å². The molecule has 0 radical (unpaired) electrons. The van der Waals surface area contributed by atoms with Crippen LogP contribution < -0.4 is 4.90 Å². The summed E-state index contributed by atoms with van der Waals surface area (Å²) < 4.78 is 10.5. The van der Waals surface area contributed by atoms with Crippen molar-refractivity contribution in [3.8, 4) is 0 Å². The fourth-order valence-electron chi connectivity index (χ4n) is 2.52. The monoisotopic (exact) mass is 292 g/mol. The van der Waals surface area contributed by atoms with Crippen LogP contribution in [0.3, 0.4) is 0 Å². The van der Waals surface area contributed by atoms with E-state index in [4.69, 9.17) is 9.47 Å². The van der Waals surface area contributed by atoms with Crippen LogP contribution in [0.4, 0.5) is 5.95 Å². The lowest BCUT2D eigenvalue weighted by Gasteiger charge is -2.26. The van der Waals surface area contributed by atoms with Crippen molar-refractivity contribution in [3.05, 3.63) is 17.5 Å². The van der Waals surface area contributed by atoms with Crippen LogP contribution in [0.1, 0.15) is 18.2 Å². The first-order chi connectivity index (χ1) is 10.3. The molecule has 3 rings (SSSR count). The van der Waals surface area contributed by atoms with Gasteiger partial charge in [0.05, 0.1) is 25.5 Å². The summed E-state index contributed by atoms with van der Waals surface area (Å²) in [6, 6.07) is 0. The van der Waals surface area contributed by atoms with E-state index < -0.39 is 0 Å². The fraction of sp³-hybridized carbons (Fsp3) is 0.643. The molecule has 0 unspecified atom stereocenters. The first-order valence-corrected chi connectivity index (χ1v) is 7.31. The number of aromatic nitrogens is 2.